The smallest absolute Gasteiger partial charge is 0.339 e. The van der Waals surface area contributed by atoms with Gasteiger partial charge in [0.25, 0.3) is 12.3 Å². The van der Waals surface area contributed by atoms with Gasteiger partial charge in [-0.15, -0.1) is 0 Å². The van der Waals surface area contributed by atoms with Crippen molar-refractivity contribution in [2.24, 2.45) is 5.92 Å². The van der Waals surface area contributed by atoms with E-state index in [1.165, 1.54) is 4.90 Å². The van der Waals surface area contributed by atoms with Crippen molar-refractivity contribution in [2.45, 2.75) is 46.7 Å². The quantitative estimate of drug-likeness (QED) is 0.694. The van der Waals surface area contributed by atoms with Crippen LogP contribution in [-0.2, 0) is 12.6 Å². The van der Waals surface area contributed by atoms with E-state index in [0.29, 0.717) is 6.07 Å². The number of nitrogens with zero attached hydrogens (tertiary/aromatic N) is 2. The van der Waals surface area contributed by atoms with Crippen molar-refractivity contribution in [3.8, 4) is 0 Å². The summed E-state index contributed by atoms with van der Waals surface area (Å²) in [5.41, 5.74) is -2.95. The minimum atomic E-state index is -4.86. The average molecular weight is 352 g/mol. The van der Waals surface area contributed by atoms with E-state index in [1.807, 2.05) is 0 Å². The second kappa shape index (κ2) is 7.90. The number of carbonyl (C=O) groups is 1. The predicted molar refractivity (Wildman–Crippen MR) is 80.0 cm³/mol. The molecule has 24 heavy (non-hydrogen) atoms. The standard InChI is InChI=1S/C16H21F5N2O/c1-5-23(6-2)15(24)12-10(7-9(3)4)8-11(16(19,20)21)22-13(12)14(17)18/h8-9,14H,5-7H2,1-4H3. The van der Waals surface area contributed by atoms with Crippen molar-refractivity contribution in [2.75, 3.05) is 13.1 Å². The molecule has 0 spiro atoms. The van der Waals surface area contributed by atoms with Crippen molar-refractivity contribution in [3.63, 3.8) is 0 Å². The van der Waals surface area contributed by atoms with Gasteiger partial charge >= 0.3 is 6.18 Å². The Morgan fingerprint density at radius 3 is 2.12 bits per heavy atom. The third kappa shape index (κ3) is 4.64. The Labute approximate surface area is 137 Å². The lowest BCUT2D eigenvalue weighted by atomic mass is 9.95. The molecule has 0 aliphatic carbocycles. The fraction of sp³-hybridized carbons (Fsp3) is 0.625. The van der Waals surface area contributed by atoms with Gasteiger partial charge in [-0.25, -0.2) is 13.8 Å². The van der Waals surface area contributed by atoms with Gasteiger partial charge in [-0.2, -0.15) is 13.2 Å². The number of hydrogen-bond donors (Lipinski definition) is 0. The van der Waals surface area contributed by atoms with Crippen molar-refractivity contribution in [1.29, 1.82) is 0 Å². The fourth-order valence-electron chi connectivity index (χ4n) is 2.44. The van der Waals surface area contributed by atoms with Crippen molar-refractivity contribution in [3.05, 3.63) is 28.6 Å². The molecule has 8 heteroatoms. The van der Waals surface area contributed by atoms with E-state index < -0.39 is 35.5 Å². The molecular weight excluding hydrogens is 331 g/mol. The van der Waals surface area contributed by atoms with Gasteiger partial charge in [-0.3, -0.25) is 4.79 Å². The zero-order chi connectivity index (χ0) is 18.7. The first-order chi connectivity index (χ1) is 11.0. The molecule has 3 nitrogen and oxygen atoms in total. The Balaban J connectivity index is 3.66. The van der Waals surface area contributed by atoms with Crippen LogP contribution in [0.3, 0.4) is 0 Å². The highest BCUT2D eigenvalue weighted by Crippen LogP contribution is 2.34. The molecule has 0 atom stereocenters. The molecule has 0 saturated heterocycles. The van der Waals surface area contributed by atoms with Crippen LogP contribution in [0.4, 0.5) is 22.0 Å². The maximum absolute atomic E-state index is 13.3. The van der Waals surface area contributed by atoms with Gasteiger partial charge in [0.05, 0.1) is 5.56 Å². The average Bonchev–Trinajstić information content (AvgIpc) is 2.45. The van der Waals surface area contributed by atoms with Gasteiger partial charge in [0.1, 0.15) is 11.4 Å². The number of pyridine rings is 1. The van der Waals surface area contributed by atoms with E-state index >= 15 is 0 Å². The number of rotatable bonds is 6. The van der Waals surface area contributed by atoms with Crippen LogP contribution in [0.2, 0.25) is 0 Å². The zero-order valence-corrected chi connectivity index (χ0v) is 14.0. The van der Waals surface area contributed by atoms with Gasteiger partial charge in [0.15, 0.2) is 0 Å². The molecular formula is C16H21F5N2O. The van der Waals surface area contributed by atoms with E-state index in [9.17, 15) is 26.7 Å². The summed E-state index contributed by atoms with van der Waals surface area (Å²) in [6, 6.07) is 0.711. The summed E-state index contributed by atoms with van der Waals surface area (Å²) in [4.78, 5) is 16.9. The predicted octanol–water partition coefficient (Wildman–Crippen LogP) is 4.72. The number of amides is 1. The molecule has 1 rings (SSSR count). The Hall–Kier alpha value is -1.73. The van der Waals surface area contributed by atoms with Crippen LogP contribution in [0.25, 0.3) is 0 Å². The minimum Gasteiger partial charge on any atom is -0.339 e. The number of alkyl halides is 5. The number of carbonyl (C=O) groups excluding carboxylic acids is 1. The third-order valence-electron chi connectivity index (χ3n) is 3.52. The molecule has 1 aromatic rings. The van der Waals surface area contributed by atoms with Gasteiger partial charge in [-0.1, -0.05) is 13.8 Å². The SMILES string of the molecule is CCN(CC)C(=O)c1c(CC(C)C)cc(C(F)(F)F)nc1C(F)F. The van der Waals surface area contributed by atoms with Crippen LogP contribution in [0.5, 0.6) is 0 Å². The van der Waals surface area contributed by atoms with Crippen LogP contribution < -0.4 is 0 Å². The maximum atomic E-state index is 13.3. The molecule has 0 N–H and O–H groups in total. The van der Waals surface area contributed by atoms with Crippen molar-refractivity contribution in [1.82, 2.24) is 9.88 Å². The summed E-state index contributed by atoms with van der Waals surface area (Å²) < 4.78 is 65.6. The maximum Gasteiger partial charge on any atom is 0.433 e. The second-order valence-corrected chi connectivity index (χ2v) is 5.80. The van der Waals surface area contributed by atoms with Crippen LogP contribution in [0, 0.1) is 5.92 Å². The normalized spacial score (nSPS) is 12.1. The molecule has 0 bridgehead atoms. The summed E-state index contributed by atoms with van der Waals surface area (Å²) in [5.74, 6) is -0.825. The monoisotopic (exact) mass is 352 g/mol. The van der Waals surface area contributed by atoms with Crippen LogP contribution >= 0.6 is 0 Å². The number of halogens is 5. The van der Waals surface area contributed by atoms with E-state index in [-0.39, 0.29) is 31.0 Å². The molecule has 1 amide bonds. The Morgan fingerprint density at radius 2 is 1.75 bits per heavy atom. The lowest BCUT2D eigenvalue weighted by Crippen LogP contribution is -2.33. The number of hydrogen-bond acceptors (Lipinski definition) is 2. The molecule has 0 saturated carbocycles. The first kappa shape index (κ1) is 20.3. The second-order valence-electron chi connectivity index (χ2n) is 5.80. The molecule has 0 aliphatic heterocycles. The van der Waals surface area contributed by atoms with E-state index in [0.717, 1.165) is 0 Å². The third-order valence-corrected chi connectivity index (χ3v) is 3.52. The fourth-order valence-corrected chi connectivity index (χ4v) is 2.44. The van der Waals surface area contributed by atoms with E-state index in [4.69, 9.17) is 0 Å². The molecule has 1 heterocycles. The summed E-state index contributed by atoms with van der Waals surface area (Å²) in [7, 11) is 0. The molecule has 0 aromatic carbocycles. The molecule has 136 valence electrons. The lowest BCUT2D eigenvalue weighted by molar-refractivity contribution is -0.141. The van der Waals surface area contributed by atoms with Gasteiger partial charge < -0.3 is 4.90 Å². The van der Waals surface area contributed by atoms with Crippen LogP contribution in [0.1, 0.15) is 61.4 Å². The Kier molecular flexibility index (Phi) is 6.68. The molecule has 0 unspecified atom stereocenters. The topological polar surface area (TPSA) is 33.2 Å². The highest BCUT2D eigenvalue weighted by Gasteiger charge is 2.37. The van der Waals surface area contributed by atoms with E-state index in [2.05, 4.69) is 4.98 Å². The summed E-state index contributed by atoms with van der Waals surface area (Å²) >= 11 is 0. The molecule has 0 radical (unpaired) electrons. The summed E-state index contributed by atoms with van der Waals surface area (Å²) in [5, 5.41) is 0. The molecule has 1 aromatic heterocycles. The van der Waals surface area contributed by atoms with Crippen molar-refractivity contribution < 1.29 is 26.7 Å². The molecule has 0 aliphatic rings. The van der Waals surface area contributed by atoms with Gasteiger partial charge in [-0.05, 0) is 37.8 Å². The summed E-state index contributed by atoms with van der Waals surface area (Å²) in [6.07, 6.45) is -8.05. The van der Waals surface area contributed by atoms with E-state index in [1.54, 1.807) is 27.7 Å². The van der Waals surface area contributed by atoms with Gasteiger partial charge in [0, 0.05) is 13.1 Å². The zero-order valence-electron chi connectivity index (χ0n) is 14.0. The minimum absolute atomic E-state index is 0.0421. The van der Waals surface area contributed by atoms with Crippen LogP contribution in [0.15, 0.2) is 6.07 Å². The largest absolute Gasteiger partial charge is 0.433 e. The summed E-state index contributed by atoms with van der Waals surface area (Å²) in [6.45, 7) is 7.34. The van der Waals surface area contributed by atoms with Crippen molar-refractivity contribution >= 4 is 5.91 Å². The molecule has 0 fully saturated rings. The highest BCUT2D eigenvalue weighted by molar-refractivity contribution is 5.97. The first-order valence-corrected chi connectivity index (χ1v) is 7.71. The highest BCUT2D eigenvalue weighted by atomic mass is 19.4. The van der Waals surface area contributed by atoms with Crippen LogP contribution in [-0.4, -0.2) is 28.9 Å². The lowest BCUT2D eigenvalue weighted by Gasteiger charge is -2.23. The Bertz CT molecular complexity index is 581. The Morgan fingerprint density at radius 1 is 1.21 bits per heavy atom. The number of aromatic nitrogens is 1. The van der Waals surface area contributed by atoms with Gasteiger partial charge in [0.2, 0.25) is 0 Å². The first-order valence-electron chi connectivity index (χ1n) is 7.71.